The second kappa shape index (κ2) is 8.24. The number of likely N-dealkylation sites (N-methyl/N-ethyl adjacent to an activating group) is 1. The molecule has 2 aromatic rings. The van der Waals surface area contributed by atoms with Gasteiger partial charge in [0.15, 0.2) is 0 Å². The van der Waals surface area contributed by atoms with Gasteiger partial charge < -0.3 is 19.1 Å². The van der Waals surface area contributed by atoms with Gasteiger partial charge in [-0.15, -0.1) is 0 Å². The number of methoxy groups -OCH3 is 3. The molecule has 1 amide bonds. The molecule has 0 spiro atoms. The highest BCUT2D eigenvalue weighted by atomic mass is 16.5. The fraction of sp³-hybridized carbons (Fsp3) is 0.316. The van der Waals surface area contributed by atoms with Crippen LogP contribution in [-0.4, -0.2) is 39.2 Å². The molecule has 0 aromatic heterocycles. The standard InChI is InChI=1S/C19H23NO4/c1-20(13-14-5-7-16(22-2)8-6-14)19(21)12-15-11-17(23-3)9-10-18(15)24-4/h5-11H,12-13H2,1-4H3. The van der Waals surface area contributed by atoms with Gasteiger partial charge >= 0.3 is 0 Å². The van der Waals surface area contributed by atoms with Gasteiger partial charge in [0.25, 0.3) is 0 Å². The summed E-state index contributed by atoms with van der Waals surface area (Å²) in [6.45, 7) is 0.537. The highest BCUT2D eigenvalue weighted by molar-refractivity contribution is 5.79. The topological polar surface area (TPSA) is 48.0 Å². The minimum atomic E-state index is 0.0115. The number of benzene rings is 2. The third-order valence-corrected chi connectivity index (χ3v) is 3.83. The van der Waals surface area contributed by atoms with Crippen LogP contribution in [-0.2, 0) is 17.8 Å². The van der Waals surface area contributed by atoms with Gasteiger partial charge in [-0.3, -0.25) is 4.79 Å². The molecule has 0 N–H and O–H groups in total. The van der Waals surface area contributed by atoms with E-state index >= 15 is 0 Å². The molecule has 0 atom stereocenters. The van der Waals surface area contributed by atoms with Gasteiger partial charge in [0.2, 0.25) is 5.91 Å². The first-order chi connectivity index (χ1) is 11.6. The summed E-state index contributed by atoms with van der Waals surface area (Å²) in [6.07, 6.45) is 0.257. The number of hydrogen-bond acceptors (Lipinski definition) is 4. The number of nitrogens with zero attached hydrogens (tertiary/aromatic N) is 1. The van der Waals surface area contributed by atoms with E-state index in [9.17, 15) is 4.79 Å². The van der Waals surface area contributed by atoms with Crippen LogP contribution in [0.4, 0.5) is 0 Å². The van der Waals surface area contributed by atoms with E-state index in [1.54, 1.807) is 33.3 Å². The zero-order valence-electron chi connectivity index (χ0n) is 14.5. The summed E-state index contributed by atoms with van der Waals surface area (Å²) < 4.78 is 15.7. The summed E-state index contributed by atoms with van der Waals surface area (Å²) in [6, 6.07) is 13.1. The normalized spacial score (nSPS) is 10.2. The Bertz CT molecular complexity index is 682. The van der Waals surface area contributed by atoms with Crippen LogP contribution in [0.25, 0.3) is 0 Å². The summed E-state index contributed by atoms with van der Waals surface area (Å²) in [5.74, 6) is 2.20. The Morgan fingerprint density at radius 3 is 2.12 bits per heavy atom. The number of hydrogen-bond donors (Lipinski definition) is 0. The number of carbonyl (C=O) groups is 1. The largest absolute Gasteiger partial charge is 0.497 e. The first-order valence-electron chi connectivity index (χ1n) is 7.65. The van der Waals surface area contributed by atoms with Crippen molar-refractivity contribution in [2.24, 2.45) is 0 Å². The molecule has 5 nitrogen and oxygen atoms in total. The van der Waals surface area contributed by atoms with Crippen molar-refractivity contribution >= 4 is 5.91 Å². The maximum absolute atomic E-state index is 12.5. The SMILES string of the molecule is COc1ccc(CN(C)C(=O)Cc2cc(OC)ccc2OC)cc1. The first kappa shape index (κ1) is 17.7. The van der Waals surface area contributed by atoms with Crippen molar-refractivity contribution in [3.63, 3.8) is 0 Å². The summed E-state index contributed by atoms with van der Waals surface area (Å²) in [5.41, 5.74) is 1.85. The van der Waals surface area contributed by atoms with E-state index < -0.39 is 0 Å². The van der Waals surface area contributed by atoms with Crippen molar-refractivity contribution in [2.45, 2.75) is 13.0 Å². The number of amides is 1. The van der Waals surface area contributed by atoms with Crippen molar-refractivity contribution < 1.29 is 19.0 Å². The molecule has 0 unspecified atom stereocenters. The Balaban J connectivity index is 2.05. The van der Waals surface area contributed by atoms with Crippen molar-refractivity contribution in [1.82, 2.24) is 4.90 Å². The van der Waals surface area contributed by atoms with Crippen LogP contribution in [0.2, 0.25) is 0 Å². The molecule has 2 rings (SSSR count). The first-order valence-corrected chi connectivity index (χ1v) is 7.65. The van der Waals surface area contributed by atoms with Gasteiger partial charge in [-0.2, -0.15) is 0 Å². The number of ether oxygens (including phenoxy) is 3. The van der Waals surface area contributed by atoms with Crippen LogP contribution in [0.15, 0.2) is 42.5 Å². The van der Waals surface area contributed by atoms with E-state index in [0.29, 0.717) is 18.0 Å². The maximum atomic E-state index is 12.5. The molecule has 0 saturated heterocycles. The Morgan fingerprint density at radius 1 is 0.917 bits per heavy atom. The fourth-order valence-electron chi connectivity index (χ4n) is 2.41. The maximum Gasteiger partial charge on any atom is 0.227 e. The van der Waals surface area contributed by atoms with Crippen LogP contribution >= 0.6 is 0 Å². The lowest BCUT2D eigenvalue weighted by atomic mass is 10.1. The zero-order valence-corrected chi connectivity index (χ0v) is 14.5. The molecule has 0 fully saturated rings. The zero-order chi connectivity index (χ0) is 17.5. The number of carbonyl (C=O) groups excluding carboxylic acids is 1. The molecule has 0 aliphatic carbocycles. The van der Waals surface area contributed by atoms with Crippen molar-refractivity contribution in [3.05, 3.63) is 53.6 Å². The second-order valence-corrected chi connectivity index (χ2v) is 5.45. The van der Waals surface area contributed by atoms with Gasteiger partial charge in [0, 0.05) is 19.2 Å². The molecule has 0 bridgehead atoms. The quantitative estimate of drug-likeness (QED) is 0.784. The van der Waals surface area contributed by atoms with Crippen molar-refractivity contribution in [2.75, 3.05) is 28.4 Å². The summed E-state index contributed by atoms with van der Waals surface area (Å²) in [4.78, 5) is 14.2. The third kappa shape index (κ3) is 4.41. The predicted octanol–water partition coefficient (Wildman–Crippen LogP) is 2.91. The minimum Gasteiger partial charge on any atom is -0.497 e. The lowest BCUT2D eigenvalue weighted by Crippen LogP contribution is -2.27. The Kier molecular flexibility index (Phi) is 6.07. The molecule has 128 valence electrons. The van der Waals surface area contributed by atoms with E-state index in [4.69, 9.17) is 14.2 Å². The van der Waals surface area contributed by atoms with Crippen LogP contribution in [0, 0.1) is 0 Å². The molecule has 0 radical (unpaired) electrons. The van der Waals surface area contributed by atoms with E-state index in [-0.39, 0.29) is 12.3 Å². The summed E-state index contributed by atoms with van der Waals surface area (Å²) in [5, 5.41) is 0. The Labute approximate surface area is 142 Å². The molecule has 5 heteroatoms. The van der Waals surface area contributed by atoms with E-state index in [2.05, 4.69) is 0 Å². The monoisotopic (exact) mass is 329 g/mol. The summed E-state index contributed by atoms with van der Waals surface area (Å²) >= 11 is 0. The molecular weight excluding hydrogens is 306 g/mol. The van der Waals surface area contributed by atoms with Gasteiger partial charge in [0.1, 0.15) is 17.2 Å². The van der Waals surface area contributed by atoms with Crippen LogP contribution < -0.4 is 14.2 Å². The molecule has 0 aliphatic rings. The lowest BCUT2D eigenvalue weighted by molar-refractivity contribution is -0.129. The van der Waals surface area contributed by atoms with Crippen molar-refractivity contribution in [1.29, 1.82) is 0 Å². The van der Waals surface area contributed by atoms with Gasteiger partial charge in [-0.05, 0) is 35.9 Å². The molecule has 0 aliphatic heterocycles. The number of rotatable bonds is 7. The molecule has 0 saturated carbocycles. The van der Waals surface area contributed by atoms with Crippen LogP contribution in [0.1, 0.15) is 11.1 Å². The van der Waals surface area contributed by atoms with Gasteiger partial charge in [-0.1, -0.05) is 12.1 Å². The van der Waals surface area contributed by atoms with Crippen molar-refractivity contribution in [3.8, 4) is 17.2 Å². The van der Waals surface area contributed by atoms with E-state index in [1.165, 1.54) is 0 Å². The fourth-order valence-corrected chi connectivity index (χ4v) is 2.41. The van der Waals surface area contributed by atoms with E-state index in [0.717, 1.165) is 16.9 Å². The van der Waals surface area contributed by atoms with Crippen LogP contribution in [0.5, 0.6) is 17.2 Å². The van der Waals surface area contributed by atoms with Gasteiger partial charge in [0.05, 0.1) is 27.8 Å². The second-order valence-electron chi connectivity index (χ2n) is 5.45. The lowest BCUT2D eigenvalue weighted by Gasteiger charge is -2.18. The average Bonchev–Trinajstić information content (AvgIpc) is 2.62. The minimum absolute atomic E-state index is 0.0115. The highest BCUT2D eigenvalue weighted by Gasteiger charge is 2.14. The van der Waals surface area contributed by atoms with Gasteiger partial charge in [-0.25, -0.2) is 0 Å². The smallest absolute Gasteiger partial charge is 0.227 e. The average molecular weight is 329 g/mol. The molecule has 24 heavy (non-hydrogen) atoms. The molecule has 2 aromatic carbocycles. The Hall–Kier alpha value is -2.69. The highest BCUT2D eigenvalue weighted by Crippen LogP contribution is 2.25. The Morgan fingerprint density at radius 2 is 1.54 bits per heavy atom. The van der Waals surface area contributed by atoms with Crippen LogP contribution in [0.3, 0.4) is 0 Å². The molecule has 0 heterocycles. The predicted molar refractivity (Wildman–Crippen MR) is 92.7 cm³/mol. The third-order valence-electron chi connectivity index (χ3n) is 3.83. The molecular formula is C19H23NO4. The summed E-state index contributed by atoms with van der Waals surface area (Å²) in [7, 11) is 6.62. The van der Waals surface area contributed by atoms with E-state index in [1.807, 2.05) is 42.5 Å².